The second-order valence-corrected chi connectivity index (χ2v) is 9.86. The summed E-state index contributed by atoms with van der Waals surface area (Å²) in [5, 5.41) is 3.48. The van der Waals surface area contributed by atoms with Crippen LogP contribution in [0.5, 0.6) is 0 Å². The van der Waals surface area contributed by atoms with Gasteiger partial charge in [-0.05, 0) is 52.6 Å². The van der Waals surface area contributed by atoms with Crippen LogP contribution in [0.25, 0.3) is 11.1 Å². The van der Waals surface area contributed by atoms with Gasteiger partial charge < -0.3 is 5.32 Å². The molecule has 2 N–H and O–H groups in total. The van der Waals surface area contributed by atoms with Crippen LogP contribution in [-0.2, 0) is 23.1 Å². The molecule has 172 valence electrons. The van der Waals surface area contributed by atoms with E-state index in [0.29, 0.717) is 17.1 Å². The van der Waals surface area contributed by atoms with E-state index in [9.17, 15) is 13.2 Å². The van der Waals surface area contributed by atoms with Crippen LogP contribution < -0.4 is 10.0 Å². The molecule has 0 aliphatic rings. The monoisotopic (exact) mass is 490 g/mol. The van der Waals surface area contributed by atoms with Crippen LogP contribution >= 0.6 is 11.6 Å². The van der Waals surface area contributed by atoms with Crippen molar-refractivity contribution in [1.82, 2.24) is 10.0 Å². The maximum Gasteiger partial charge on any atom is 0.251 e. The highest BCUT2D eigenvalue weighted by Crippen LogP contribution is 2.22. The van der Waals surface area contributed by atoms with E-state index in [1.54, 1.807) is 42.5 Å². The number of hydrogen-bond acceptors (Lipinski definition) is 3. The van der Waals surface area contributed by atoms with Crippen LogP contribution in [0.4, 0.5) is 0 Å². The standard InChI is InChI=1S/C27H23ClN2O3S/c28-26-9-5-4-8-24(26)19-29-27(31)23-12-10-21(11-13-23)22-14-16-25(17-15-22)34(32,33)30-18-20-6-2-1-3-7-20/h1-17,30H,18-19H2,(H,29,31). The molecule has 4 aromatic carbocycles. The fourth-order valence-electron chi connectivity index (χ4n) is 3.42. The molecule has 0 aromatic heterocycles. The van der Waals surface area contributed by atoms with Crippen molar-refractivity contribution in [3.05, 3.63) is 125 Å². The minimum Gasteiger partial charge on any atom is -0.348 e. The van der Waals surface area contributed by atoms with Crippen LogP contribution in [0.1, 0.15) is 21.5 Å². The van der Waals surface area contributed by atoms with Gasteiger partial charge in [0.25, 0.3) is 5.91 Å². The average molecular weight is 491 g/mol. The van der Waals surface area contributed by atoms with Crippen LogP contribution in [0.2, 0.25) is 5.02 Å². The molecule has 7 heteroatoms. The highest BCUT2D eigenvalue weighted by atomic mass is 35.5. The average Bonchev–Trinajstić information content (AvgIpc) is 2.88. The quantitative estimate of drug-likeness (QED) is 0.346. The van der Waals surface area contributed by atoms with Crippen molar-refractivity contribution in [2.24, 2.45) is 0 Å². The summed E-state index contributed by atoms with van der Waals surface area (Å²) in [4.78, 5) is 12.7. The third-order valence-electron chi connectivity index (χ3n) is 5.35. The number of rotatable bonds is 8. The maximum absolute atomic E-state index is 12.6. The Labute approximate surface area is 204 Å². The molecule has 0 fully saturated rings. The third kappa shape index (κ3) is 5.91. The Morgan fingerprint density at radius 3 is 1.94 bits per heavy atom. The summed E-state index contributed by atoms with van der Waals surface area (Å²) in [5.74, 6) is -0.197. The van der Waals surface area contributed by atoms with Gasteiger partial charge in [0.2, 0.25) is 10.0 Å². The zero-order valence-electron chi connectivity index (χ0n) is 18.2. The molecule has 0 saturated carbocycles. The second kappa shape index (κ2) is 10.7. The smallest absolute Gasteiger partial charge is 0.251 e. The first kappa shape index (κ1) is 23.7. The topological polar surface area (TPSA) is 75.3 Å². The molecule has 0 aliphatic carbocycles. The van der Waals surface area contributed by atoms with Crippen molar-refractivity contribution in [3.8, 4) is 11.1 Å². The molecule has 0 saturated heterocycles. The molecule has 0 spiro atoms. The van der Waals surface area contributed by atoms with Gasteiger partial charge in [-0.1, -0.05) is 84.4 Å². The minimum atomic E-state index is -3.62. The zero-order chi connectivity index (χ0) is 24.0. The number of halogens is 1. The molecule has 34 heavy (non-hydrogen) atoms. The normalized spacial score (nSPS) is 11.2. The van der Waals surface area contributed by atoms with E-state index in [2.05, 4.69) is 10.0 Å². The molecule has 1 amide bonds. The number of sulfonamides is 1. The first-order chi connectivity index (χ1) is 16.4. The van der Waals surface area contributed by atoms with Crippen molar-refractivity contribution >= 4 is 27.5 Å². The Kier molecular flexibility index (Phi) is 7.43. The van der Waals surface area contributed by atoms with E-state index in [1.807, 2.05) is 60.7 Å². The van der Waals surface area contributed by atoms with Crippen molar-refractivity contribution in [2.45, 2.75) is 18.0 Å². The van der Waals surface area contributed by atoms with Crippen molar-refractivity contribution < 1.29 is 13.2 Å². The largest absolute Gasteiger partial charge is 0.348 e. The van der Waals surface area contributed by atoms with Gasteiger partial charge in [0.15, 0.2) is 0 Å². The number of benzene rings is 4. The SMILES string of the molecule is O=C(NCc1ccccc1Cl)c1ccc(-c2ccc(S(=O)(=O)NCc3ccccc3)cc2)cc1. The molecule has 0 bridgehead atoms. The number of amides is 1. The van der Waals surface area contributed by atoms with E-state index < -0.39 is 10.0 Å². The number of nitrogens with one attached hydrogen (secondary N) is 2. The molecular formula is C27H23ClN2O3S. The molecule has 0 heterocycles. The lowest BCUT2D eigenvalue weighted by Gasteiger charge is -2.09. The molecular weight excluding hydrogens is 468 g/mol. The van der Waals surface area contributed by atoms with Crippen LogP contribution in [0.15, 0.2) is 108 Å². The van der Waals surface area contributed by atoms with Gasteiger partial charge in [-0.15, -0.1) is 0 Å². The Balaban J connectivity index is 1.39. The highest BCUT2D eigenvalue weighted by Gasteiger charge is 2.14. The zero-order valence-corrected chi connectivity index (χ0v) is 19.8. The lowest BCUT2D eigenvalue weighted by molar-refractivity contribution is 0.0951. The van der Waals surface area contributed by atoms with E-state index in [4.69, 9.17) is 11.6 Å². The van der Waals surface area contributed by atoms with Crippen LogP contribution in [0, 0.1) is 0 Å². The summed E-state index contributed by atoms with van der Waals surface area (Å²) in [6, 6.07) is 30.5. The Morgan fingerprint density at radius 1 is 0.706 bits per heavy atom. The Morgan fingerprint density at radius 2 is 1.29 bits per heavy atom. The van der Waals surface area contributed by atoms with E-state index in [1.165, 1.54) is 0 Å². The predicted octanol–water partition coefficient (Wildman–Crippen LogP) is 5.42. The Hall–Kier alpha value is -3.45. The highest BCUT2D eigenvalue weighted by molar-refractivity contribution is 7.89. The summed E-state index contributed by atoms with van der Waals surface area (Å²) in [6.45, 7) is 0.569. The summed E-state index contributed by atoms with van der Waals surface area (Å²) in [7, 11) is -3.62. The lowest BCUT2D eigenvalue weighted by atomic mass is 10.0. The van der Waals surface area contributed by atoms with Gasteiger partial charge in [0.05, 0.1) is 4.90 Å². The first-order valence-corrected chi connectivity index (χ1v) is 12.5. The van der Waals surface area contributed by atoms with Gasteiger partial charge in [0.1, 0.15) is 0 Å². The van der Waals surface area contributed by atoms with E-state index in [0.717, 1.165) is 22.3 Å². The molecule has 0 radical (unpaired) electrons. The Bertz CT molecular complexity index is 1370. The maximum atomic E-state index is 12.6. The second-order valence-electron chi connectivity index (χ2n) is 7.69. The van der Waals surface area contributed by atoms with Crippen molar-refractivity contribution in [1.29, 1.82) is 0 Å². The summed E-state index contributed by atoms with van der Waals surface area (Å²) in [5.41, 5.74) is 4.00. The number of carbonyl (C=O) groups is 1. The van der Waals surface area contributed by atoms with E-state index >= 15 is 0 Å². The molecule has 0 atom stereocenters. The van der Waals surface area contributed by atoms with Crippen LogP contribution in [-0.4, -0.2) is 14.3 Å². The molecule has 4 aromatic rings. The summed E-state index contributed by atoms with van der Waals surface area (Å²) < 4.78 is 27.8. The van der Waals surface area contributed by atoms with Gasteiger partial charge >= 0.3 is 0 Å². The van der Waals surface area contributed by atoms with Crippen LogP contribution in [0.3, 0.4) is 0 Å². The number of hydrogen-bond donors (Lipinski definition) is 2. The van der Waals surface area contributed by atoms with E-state index in [-0.39, 0.29) is 17.3 Å². The van der Waals surface area contributed by atoms with Crippen molar-refractivity contribution in [3.63, 3.8) is 0 Å². The molecule has 0 aliphatic heterocycles. The van der Waals surface area contributed by atoms with Gasteiger partial charge in [-0.2, -0.15) is 0 Å². The lowest BCUT2D eigenvalue weighted by Crippen LogP contribution is -2.23. The van der Waals surface area contributed by atoms with Crippen molar-refractivity contribution in [2.75, 3.05) is 0 Å². The molecule has 0 unspecified atom stereocenters. The fourth-order valence-corrected chi connectivity index (χ4v) is 4.64. The molecule has 4 rings (SSSR count). The summed E-state index contributed by atoms with van der Waals surface area (Å²) in [6.07, 6.45) is 0. The van der Waals surface area contributed by atoms with Gasteiger partial charge in [-0.3, -0.25) is 4.79 Å². The third-order valence-corrected chi connectivity index (χ3v) is 7.14. The van der Waals surface area contributed by atoms with Gasteiger partial charge in [0, 0.05) is 23.7 Å². The fraction of sp³-hybridized carbons (Fsp3) is 0.0741. The summed E-state index contributed by atoms with van der Waals surface area (Å²) >= 11 is 6.13. The first-order valence-electron chi connectivity index (χ1n) is 10.7. The minimum absolute atomic E-state index is 0.197. The number of carbonyl (C=O) groups excluding carboxylic acids is 1. The predicted molar refractivity (Wildman–Crippen MR) is 135 cm³/mol. The molecule has 5 nitrogen and oxygen atoms in total. The van der Waals surface area contributed by atoms with Gasteiger partial charge in [-0.25, -0.2) is 13.1 Å².